The van der Waals surface area contributed by atoms with Crippen LogP contribution in [0.15, 0.2) is 158 Å². The molecule has 0 amide bonds. The summed E-state index contributed by atoms with van der Waals surface area (Å²) >= 11 is 0. The maximum atomic E-state index is 2.61. The summed E-state index contributed by atoms with van der Waals surface area (Å²) in [5.41, 5.74) is 13.6. The molecule has 5 unspecified atom stereocenters. The van der Waals surface area contributed by atoms with E-state index in [0.717, 1.165) is 23.7 Å². The first-order chi connectivity index (χ1) is 25.3. The van der Waals surface area contributed by atoms with Gasteiger partial charge in [0, 0.05) is 38.9 Å². The Morgan fingerprint density at radius 3 is 1.94 bits per heavy atom. The van der Waals surface area contributed by atoms with Gasteiger partial charge in [-0.3, -0.25) is 0 Å². The fourth-order valence-electron chi connectivity index (χ4n) is 11.8. The van der Waals surface area contributed by atoms with Gasteiger partial charge in [0.15, 0.2) is 0 Å². The zero-order valence-corrected chi connectivity index (χ0v) is 28.5. The number of fused-ring (bicyclic) bond motifs is 7. The highest BCUT2D eigenvalue weighted by molar-refractivity contribution is 6.09. The molecular weight excluding hydrogens is 617 g/mol. The molecule has 7 aromatic carbocycles. The molecule has 0 N–H and O–H groups in total. The summed E-state index contributed by atoms with van der Waals surface area (Å²) in [6.45, 7) is 0. The molecule has 0 saturated heterocycles. The van der Waals surface area contributed by atoms with E-state index in [2.05, 4.69) is 167 Å². The van der Waals surface area contributed by atoms with Crippen LogP contribution in [0.2, 0.25) is 0 Å². The van der Waals surface area contributed by atoms with Crippen LogP contribution < -0.4 is 4.90 Å². The lowest BCUT2D eigenvalue weighted by Gasteiger charge is -2.44. The van der Waals surface area contributed by atoms with Crippen molar-refractivity contribution in [1.29, 1.82) is 0 Å². The summed E-state index contributed by atoms with van der Waals surface area (Å²) in [7, 11) is 0. The summed E-state index contributed by atoms with van der Waals surface area (Å²) in [5.74, 6) is 3.32. The smallest absolute Gasteiger partial charge is 0.0541 e. The van der Waals surface area contributed by atoms with Crippen molar-refractivity contribution in [1.82, 2.24) is 4.57 Å². The molecule has 2 heteroatoms. The molecule has 5 aliphatic rings. The zero-order valence-electron chi connectivity index (χ0n) is 28.5. The van der Waals surface area contributed by atoms with Gasteiger partial charge < -0.3 is 9.47 Å². The number of nitrogens with zero attached hydrogens (tertiary/aromatic N) is 2. The second-order valence-corrected chi connectivity index (χ2v) is 15.8. The highest BCUT2D eigenvalue weighted by Gasteiger charge is 2.66. The maximum absolute atomic E-state index is 2.61. The van der Waals surface area contributed by atoms with Crippen molar-refractivity contribution in [3.63, 3.8) is 0 Å². The largest absolute Gasteiger partial charge is 0.310 e. The quantitative estimate of drug-likeness (QED) is 0.183. The minimum absolute atomic E-state index is 0.148. The van der Waals surface area contributed by atoms with Gasteiger partial charge in [-0.05, 0) is 143 Å². The van der Waals surface area contributed by atoms with E-state index in [0.29, 0.717) is 0 Å². The van der Waals surface area contributed by atoms with E-state index in [-0.39, 0.29) is 5.41 Å². The Hall–Kier alpha value is -5.60. The van der Waals surface area contributed by atoms with Crippen LogP contribution in [0.25, 0.3) is 49.4 Å². The van der Waals surface area contributed by atoms with Crippen molar-refractivity contribution in [2.24, 2.45) is 23.7 Å². The first-order valence-electron chi connectivity index (χ1n) is 18.9. The van der Waals surface area contributed by atoms with E-state index >= 15 is 0 Å². The lowest BCUT2D eigenvalue weighted by Crippen LogP contribution is -2.40. The van der Waals surface area contributed by atoms with Gasteiger partial charge in [-0.15, -0.1) is 0 Å². The molecule has 1 heterocycles. The first kappa shape index (κ1) is 28.1. The number of benzene rings is 7. The molecule has 4 saturated carbocycles. The second-order valence-electron chi connectivity index (χ2n) is 15.8. The van der Waals surface area contributed by atoms with E-state index in [1.165, 1.54) is 92.1 Å². The first-order valence-corrected chi connectivity index (χ1v) is 18.9. The number of para-hydroxylation sites is 2. The van der Waals surface area contributed by atoms with Crippen LogP contribution in [0.4, 0.5) is 17.1 Å². The minimum Gasteiger partial charge on any atom is -0.310 e. The fraction of sp³-hybridized carbons (Fsp3) is 0.184. The van der Waals surface area contributed by atoms with Crippen molar-refractivity contribution >= 4 is 49.6 Å². The second kappa shape index (κ2) is 10.2. The molecular formula is C49H38N2. The topological polar surface area (TPSA) is 8.17 Å². The van der Waals surface area contributed by atoms with Gasteiger partial charge >= 0.3 is 0 Å². The molecule has 8 aromatic rings. The van der Waals surface area contributed by atoms with E-state index in [1.54, 1.807) is 11.1 Å². The Kier molecular flexibility index (Phi) is 5.65. The van der Waals surface area contributed by atoms with Crippen LogP contribution in [-0.2, 0) is 5.41 Å². The van der Waals surface area contributed by atoms with E-state index < -0.39 is 0 Å². The average Bonchev–Trinajstić information content (AvgIpc) is 3.84. The van der Waals surface area contributed by atoms with Gasteiger partial charge in [0.1, 0.15) is 0 Å². The van der Waals surface area contributed by atoms with Gasteiger partial charge in [0.2, 0.25) is 0 Å². The van der Waals surface area contributed by atoms with Gasteiger partial charge in [-0.1, -0.05) is 97.1 Å². The number of rotatable bonds is 4. The van der Waals surface area contributed by atoms with Crippen molar-refractivity contribution in [2.75, 3.05) is 4.90 Å². The van der Waals surface area contributed by atoms with Crippen LogP contribution in [-0.4, -0.2) is 4.57 Å². The van der Waals surface area contributed by atoms with E-state index in [4.69, 9.17) is 0 Å². The fourth-order valence-corrected chi connectivity index (χ4v) is 11.8. The van der Waals surface area contributed by atoms with Crippen molar-refractivity contribution < 1.29 is 0 Å². The Bertz CT molecular complexity index is 2640. The Morgan fingerprint density at radius 2 is 1.14 bits per heavy atom. The molecule has 51 heavy (non-hydrogen) atoms. The molecule has 244 valence electrons. The van der Waals surface area contributed by atoms with Gasteiger partial charge in [-0.25, -0.2) is 0 Å². The number of aromatic nitrogens is 1. The zero-order chi connectivity index (χ0) is 33.3. The van der Waals surface area contributed by atoms with Crippen molar-refractivity contribution in [3.05, 3.63) is 169 Å². The van der Waals surface area contributed by atoms with Crippen molar-refractivity contribution in [3.8, 4) is 16.8 Å². The molecule has 4 bridgehead atoms. The molecule has 0 aliphatic heterocycles. The van der Waals surface area contributed by atoms with Gasteiger partial charge in [-0.2, -0.15) is 0 Å². The Morgan fingerprint density at radius 1 is 0.490 bits per heavy atom. The maximum Gasteiger partial charge on any atom is 0.0541 e. The van der Waals surface area contributed by atoms with E-state index in [9.17, 15) is 0 Å². The van der Waals surface area contributed by atoms with Crippen LogP contribution >= 0.6 is 0 Å². The molecule has 5 atom stereocenters. The van der Waals surface area contributed by atoms with Crippen molar-refractivity contribution in [2.45, 2.75) is 31.1 Å². The number of anilines is 3. The molecule has 13 rings (SSSR count). The summed E-state index contributed by atoms with van der Waals surface area (Å²) in [6.07, 6.45) is 5.64. The normalized spacial score (nSPS) is 23.8. The van der Waals surface area contributed by atoms with Crippen LogP contribution in [0, 0.1) is 23.7 Å². The predicted molar refractivity (Wildman–Crippen MR) is 212 cm³/mol. The molecule has 4 fully saturated rings. The summed E-state index contributed by atoms with van der Waals surface area (Å²) in [4.78, 5) is 2.50. The third-order valence-corrected chi connectivity index (χ3v) is 13.5. The van der Waals surface area contributed by atoms with Crippen LogP contribution in [0.5, 0.6) is 0 Å². The summed E-state index contributed by atoms with van der Waals surface area (Å²) in [6, 6.07) is 59.4. The Balaban J connectivity index is 1.05. The molecule has 0 radical (unpaired) electrons. The lowest BCUT2D eigenvalue weighted by atomic mass is 9.59. The summed E-state index contributed by atoms with van der Waals surface area (Å²) in [5, 5.41) is 5.11. The van der Waals surface area contributed by atoms with Crippen LogP contribution in [0.1, 0.15) is 36.8 Å². The highest BCUT2D eigenvalue weighted by atomic mass is 15.1. The third-order valence-electron chi connectivity index (χ3n) is 13.5. The molecule has 1 spiro atoms. The third kappa shape index (κ3) is 3.72. The standard InChI is InChI=1S/C49H38N2/c1-2-10-33-29-38(18-17-32(33)9-1)50(36-19-21-37(22-20-36)51-47-15-7-4-12-42(47)43-13-5-8-16-48(43)51)39-23-24-41-40-11-3-6-14-44(40)49(46(41)30-39)35-26-31-25-34(28-35)45(49)27-31/h1-24,29-31,34-35,45H,25-28H2. The highest BCUT2D eigenvalue weighted by Crippen LogP contribution is 2.73. The molecule has 2 nitrogen and oxygen atoms in total. The number of hydrogen-bond donors (Lipinski definition) is 0. The summed E-state index contributed by atoms with van der Waals surface area (Å²) < 4.78 is 2.41. The van der Waals surface area contributed by atoms with Crippen LogP contribution in [0.3, 0.4) is 0 Å². The SMILES string of the molecule is c1ccc2c(c1)-c1ccc(N(c3ccc(-n4c5ccccc5c5ccccc54)cc3)c3ccc4ccccc4c3)cc1C21C2CC3CC(C2)C1C3. The number of hydrogen-bond acceptors (Lipinski definition) is 1. The predicted octanol–water partition coefficient (Wildman–Crippen LogP) is 12.7. The minimum atomic E-state index is 0.148. The molecule has 1 aromatic heterocycles. The average molecular weight is 655 g/mol. The Labute approximate surface area is 298 Å². The van der Waals surface area contributed by atoms with Gasteiger partial charge in [0.05, 0.1) is 11.0 Å². The van der Waals surface area contributed by atoms with Gasteiger partial charge in [0.25, 0.3) is 0 Å². The lowest BCUT2D eigenvalue weighted by molar-refractivity contribution is 0.191. The molecule has 5 aliphatic carbocycles. The van der Waals surface area contributed by atoms with E-state index in [1.807, 2.05) is 0 Å². The monoisotopic (exact) mass is 654 g/mol.